The van der Waals surface area contributed by atoms with E-state index in [1.165, 1.54) is 70.8 Å². The van der Waals surface area contributed by atoms with Gasteiger partial charge in [-0.05, 0) is 93.3 Å². The Hall–Kier alpha value is -6.10. The average Bonchev–Trinajstić information content (AvgIpc) is 3.84. The summed E-state index contributed by atoms with van der Waals surface area (Å²) in [4.78, 5) is 14.1. The zero-order valence-electron chi connectivity index (χ0n) is 30.0. The van der Waals surface area contributed by atoms with E-state index in [2.05, 4.69) is 187 Å². The molecule has 0 amide bonds. The van der Waals surface area contributed by atoms with Crippen molar-refractivity contribution in [1.29, 1.82) is 0 Å². The molecule has 54 heavy (non-hydrogen) atoms. The molecule has 2 aliphatic carbocycles. The summed E-state index contributed by atoms with van der Waals surface area (Å²) in [5, 5.41) is 1.25. The van der Waals surface area contributed by atoms with Crippen LogP contribution >= 0.6 is 11.8 Å². The second-order valence-electron chi connectivity index (χ2n) is 14.6. The van der Waals surface area contributed by atoms with Crippen molar-refractivity contribution in [1.82, 2.24) is 9.88 Å². The lowest BCUT2D eigenvalue weighted by molar-refractivity contribution is 0.435. The number of aromatic nitrogens is 1. The number of rotatable bonds is 4. The quantitative estimate of drug-likeness (QED) is 0.197. The molecule has 4 aliphatic rings. The topological polar surface area (TPSA) is 31.4 Å². The summed E-state index contributed by atoms with van der Waals surface area (Å²) in [7, 11) is 2.18. The normalized spacial score (nSPS) is 18.1. The molecule has 4 heteroatoms. The summed E-state index contributed by atoms with van der Waals surface area (Å²) in [6.45, 7) is 0. The van der Waals surface area contributed by atoms with Crippen molar-refractivity contribution in [3.05, 3.63) is 220 Å². The number of nitrogens with zero attached hydrogens (tertiary/aromatic N) is 2. The van der Waals surface area contributed by atoms with Crippen LogP contribution in [0.3, 0.4) is 0 Å². The summed E-state index contributed by atoms with van der Waals surface area (Å²) in [6.07, 6.45) is 8.93. The fraction of sp³-hybridized carbons (Fsp3) is 0.100. The van der Waals surface area contributed by atoms with Gasteiger partial charge in [0.1, 0.15) is 5.84 Å². The van der Waals surface area contributed by atoms with Gasteiger partial charge in [-0.1, -0.05) is 145 Å². The molecular formula is C50H37N3S. The molecule has 1 unspecified atom stereocenters. The van der Waals surface area contributed by atoms with Crippen LogP contribution in [0.1, 0.15) is 63.4 Å². The lowest BCUT2D eigenvalue weighted by Crippen LogP contribution is -2.34. The van der Waals surface area contributed by atoms with E-state index < -0.39 is 5.41 Å². The highest BCUT2D eigenvalue weighted by atomic mass is 32.2. The number of benzene rings is 6. The van der Waals surface area contributed by atoms with Gasteiger partial charge in [-0.3, -0.25) is 0 Å². The van der Waals surface area contributed by atoms with E-state index >= 15 is 0 Å². The number of hydrogen-bond donors (Lipinski definition) is 1. The Morgan fingerprint density at radius 2 is 1.35 bits per heavy atom. The van der Waals surface area contributed by atoms with Crippen molar-refractivity contribution in [2.75, 3.05) is 7.05 Å². The number of likely N-dealkylation sites (N-methyl/N-ethyl adjacent to an activating group) is 1. The van der Waals surface area contributed by atoms with Gasteiger partial charge < -0.3 is 9.88 Å². The minimum atomic E-state index is -0.429. The van der Waals surface area contributed by atoms with Gasteiger partial charge >= 0.3 is 0 Å². The Labute approximate surface area is 320 Å². The first-order chi connectivity index (χ1) is 26.7. The molecule has 0 bridgehead atoms. The third-order valence-electron chi connectivity index (χ3n) is 11.9. The van der Waals surface area contributed by atoms with Crippen LogP contribution in [0.25, 0.3) is 27.7 Å². The van der Waals surface area contributed by atoms with E-state index in [0.717, 1.165) is 35.5 Å². The number of aliphatic imine (C=N–C) groups is 1. The molecule has 0 fully saturated rings. The Bertz CT molecular complexity index is 2720. The Balaban J connectivity index is 1.25. The van der Waals surface area contributed by atoms with E-state index in [1.54, 1.807) is 0 Å². The zero-order chi connectivity index (χ0) is 35.8. The van der Waals surface area contributed by atoms with Crippen LogP contribution < -0.4 is 0 Å². The predicted molar refractivity (Wildman–Crippen MR) is 224 cm³/mol. The number of nitrogens with one attached hydrogen (secondary N) is 1. The molecule has 6 aromatic carbocycles. The summed E-state index contributed by atoms with van der Waals surface area (Å²) in [6, 6.07) is 55.8. The summed E-state index contributed by atoms with van der Waals surface area (Å²) in [5.41, 5.74) is 16.2. The maximum Gasteiger partial charge on any atom is 0.137 e. The first-order valence-corrected chi connectivity index (χ1v) is 19.7. The van der Waals surface area contributed by atoms with Gasteiger partial charge in [0.2, 0.25) is 0 Å². The standard InChI is InChI=1S/C50H37N3S/c1-53-44(32-15-4-2-5-16-32)31-43(52-49(53)33-17-6-3-7-18-33)37-21-13-25-41-48(37)47-36(34-19-14-26-42-35(34)29-30-51-42)20-12-24-40(47)50(41)38-22-8-10-27-45(38)54-46-28-11-9-23-39(46)50/h2-11,13-23,25-31,44,51H,12,24H2,1H3. The second kappa shape index (κ2) is 12.2. The van der Waals surface area contributed by atoms with Crippen molar-refractivity contribution >= 4 is 45.3 Å². The zero-order valence-corrected chi connectivity index (χ0v) is 30.8. The molecule has 1 aromatic heterocycles. The Kier molecular flexibility index (Phi) is 7.12. The number of fused-ring (bicyclic) bond motifs is 9. The average molecular weight is 712 g/mol. The summed E-state index contributed by atoms with van der Waals surface area (Å²) >= 11 is 1.91. The lowest BCUT2D eigenvalue weighted by atomic mass is 9.65. The van der Waals surface area contributed by atoms with Crippen molar-refractivity contribution < 1.29 is 0 Å². The first kappa shape index (κ1) is 31.4. The highest BCUT2D eigenvalue weighted by Crippen LogP contribution is 2.65. The van der Waals surface area contributed by atoms with Gasteiger partial charge in [0.15, 0.2) is 0 Å². The molecule has 3 nitrogen and oxygen atoms in total. The van der Waals surface area contributed by atoms with Crippen LogP contribution in [-0.2, 0) is 5.41 Å². The largest absolute Gasteiger partial charge is 0.361 e. The molecule has 2 aliphatic heterocycles. The molecule has 1 N–H and O–H groups in total. The Morgan fingerprint density at radius 1 is 0.685 bits per heavy atom. The predicted octanol–water partition coefficient (Wildman–Crippen LogP) is 12.1. The van der Waals surface area contributed by atoms with Crippen LogP contribution in [0.5, 0.6) is 0 Å². The van der Waals surface area contributed by atoms with Gasteiger partial charge in [-0.2, -0.15) is 0 Å². The van der Waals surface area contributed by atoms with Gasteiger partial charge in [-0.25, -0.2) is 4.99 Å². The van der Waals surface area contributed by atoms with Gasteiger partial charge in [0.05, 0.1) is 17.2 Å². The minimum Gasteiger partial charge on any atom is -0.361 e. The van der Waals surface area contributed by atoms with Crippen LogP contribution in [0.15, 0.2) is 190 Å². The second-order valence-corrected chi connectivity index (χ2v) is 15.7. The van der Waals surface area contributed by atoms with Crippen molar-refractivity contribution in [3.8, 4) is 0 Å². The maximum absolute atomic E-state index is 5.61. The number of hydrogen-bond acceptors (Lipinski definition) is 3. The number of allylic oxidation sites excluding steroid dienone is 4. The number of amidine groups is 1. The number of H-pyrrole nitrogens is 1. The van der Waals surface area contributed by atoms with Crippen LogP contribution in [0.2, 0.25) is 0 Å². The van der Waals surface area contributed by atoms with E-state index in [-0.39, 0.29) is 6.04 Å². The van der Waals surface area contributed by atoms with Crippen molar-refractivity contribution in [2.24, 2.45) is 4.99 Å². The minimum absolute atomic E-state index is 0.0103. The summed E-state index contributed by atoms with van der Waals surface area (Å²) in [5.74, 6) is 0.975. The molecule has 1 atom stereocenters. The monoisotopic (exact) mass is 711 g/mol. The molecule has 11 rings (SSSR count). The molecule has 0 radical (unpaired) electrons. The van der Waals surface area contributed by atoms with E-state index in [1.807, 2.05) is 11.8 Å². The van der Waals surface area contributed by atoms with Crippen LogP contribution in [-0.4, -0.2) is 22.8 Å². The SMILES string of the molecule is CN1C(c2ccccc2)=NC(c2cccc3c2C2=C(CCC=C2c2cccc4[nH]ccc24)C32c3ccccc3Sc3ccccc32)=CC1c1ccccc1. The maximum atomic E-state index is 5.61. The third kappa shape index (κ3) is 4.47. The van der Waals surface area contributed by atoms with Gasteiger partial charge in [0.25, 0.3) is 0 Å². The Morgan fingerprint density at radius 3 is 2.13 bits per heavy atom. The molecule has 7 aromatic rings. The smallest absolute Gasteiger partial charge is 0.137 e. The molecular weight excluding hydrogens is 675 g/mol. The molecule has 0 saturated carbocycles. The molecule has 3 heterocycles. The highest BCUT2D eigenvalue weighted by molar-refractivity contribution is 7.99. The summed E-state index contributed by atoms with van der Waals surface area (Å²) < 4.78 is 0. The van der Waals surface area contributed by atoms with E-state index in [4.69, 9.17) is 4.99 Å². The van der Waals surface area contributed by atoms with Crippen molar-refractivity contribution in [3.63, 3.8) is 0 Å². The third-order valence-corrected chi connectivity index (χ3v) is 13.1. The molecule has 258 valence electrons. The molecule has 1 spiro atoms. The fourth-order valence-electron chi connectivity index (χ4n) is 9.69. The van der Waals surface area contributed by atoms with E-state index in [0.29, 0.717) is 0 Å². The van der Waals surface area contributed by atoms with Gasteiger partial charge in [-0.15, -0.1) is 0 Å². The first-order valence-electron chi connectivity index (χ1n) is 18.9. The number of aromatic amines is 1. The fourth-order valence-corrected chi connectivity index (χ4v) is 10.9. The van der Waals surface area contributed by atoms with Crippen LogP contribution in [0.4, 0.5) is 0 Å². The highest BCUT2D eigenvalue weighted by Gasteiger charge is 2.53. The van der Waals surface area contributed by atoms with E-state index in [9.17, 15) is 0 Å². The van der Waals surface area contributed by atoms with Crippen LogP contribution in [0, 0.1) is 0 Å². The van der Waals surface area contributed by atoms with Gasteiger partial charge in [0, 0.05) is 45.1 Å². The molecule has 0 saturated heterocycles. The van der Waals surface area contributed by atoms with Crippen molar-refractivity contribution in [2.45, 2.75) is 34.1 Å². The lowest BCUT2D eigenvalue weighted by Gasteiger charge is -2.41.